The Morgan fingerprint density at radius 1 is 1.43 bits per heavy atom. The average Bonchev–Trinajstić information content (AvgIpc) is 2.94. The number of nitrogens with zero attached hydrogens (tertiary/aromatic N) is 2. The van der Waals surface area contributed by atoms with Gasteiger partial charge in [-0.15, -0.1) is 0 Å². The number of rotatable bonds is 3. The third kappa shape index (κ3) is 2.88. The van der Waals surface area contributed by atoms with Gasteiger partial charge in [0.05, 0.1) is 18.2 Å². The fraction of sp³-hybridized carbons (Fsp3) is 0.444. The molecule has 1 amide bonds. The van der Waals surface area contributed by atoms with Crippen LogP contribution >= 0.6 is 0 Å². The number of carbonyl (C=O) groups is 1. The largest absolute Gasteiger partial charge is 0.497 e. The van der Waals surface area contributed by atoms with Crippen molar-refractivity contribution in [3.8, 4) is 5.75 Å². The van der Waals surface area contributed by atoms with Gasteiger partial charge in [-0.1, -0.05) is 0 Å². The Balaban J connectivity index is 2.06. The number of ether oxygens (including phenoxy) is 1. The van der Waals surface area contributed by atoms with Gasteiger partial charge in [-0.05, 0) is 57.0 Å². The first-order valence-corrected chi connectivity index (χ1v) is 8.00. The predicted octanol–water partition coefficient (Wildman–Crippen LogP) is 2.36. The molecular weight excluding hydrogens is 290 g/mol. The first kappa shape index (κ1) is 15.7. The molecule has 2 aromatic rings. The minimum absolute atomic E-state index is 0.0530. The van der Waals surface area contributed by atoms with Crippen LogP contribution in [0.5, 0.6) is 5.75 Å². The summed E-state index contributed by atoms with van der Waals surface area (Å²) in [5, 5.41) is 0.836. The molecule has 1 aromatic carbocycles. The van der Waals surface area contributed by atoms with Crippen molar-refractivity contribution in [3.63, 3.8) is 0 Å². The summed E-state index contributed by atoms with van der Waals surface area (Å²) in [5.41, 5.74) is 8.13. The minimum Gasteiger partial charge on any atom is -0.497 e. The number of likely N-dealkylation sites (tertiary alicyclic amines) is 1. The highest BCUT2D eigenvalue weighted by Gasteiger charge is 2.32. The van der Waals surface area contributed by atoms with Crippen LogP contribution in [0.3, 0.4) is 0 Å². The predicted molar refractivity (Wildman–Crippen MR) is 90.7 cm³/mol. The number of hydrogen-bond donors (Lipinski definition) is 1. The van der Waals surface area contributed by atoms with E-state index >= 15 is 0 Å². The van der Waals surface area contributed by atoms with Gasteiger partial charge >= 0.3 is 0 Å². The van der Waals surface area contributed by atoms with E-state index in [-0.39, 0.29) is 11.9 Å². The molecule has 2 N–H and O–H groups in total. The molecule has 2 heterocycles. The number of benzene rings is 1. The van der Waals surface area contributed by atoms with Crippen molar-refractivity contribution < 1.29 is 9.53 Å². The van der Waals surface area contributed by atoms with Crippen molar-refractivity contribution in [2.75, 3.05) is 20.2 Å². The number of pyridine rings is 1. The van der Waals surface area contributed by atoms with E-state index in [1.807, 2.05) is 36.1 Å². The number of amides is 1. The number of hydrogen-bond acceptors (Lipinski definition) is 4. The molecule has 1 fully saturated rings. The third-order valence-corrected chi connectivity index (χ3v) is 4.63. The Morgan fingerprint density at radius 3 is 2.87 bits per heavy atom. The first-order valence-electron chi connectivity index (χ1n) is 8.00. The normalized spacial score (nSPS) is 21.0. The lowest BCUT2D eigenvalue weighted by atomic mass is 10.1. The van der Waals surface area contributed by atoms with E-state index in [4.69, 9.17) is 10.5 Å². The van der Waals surface area contributed by atoms with Crippen LogP contribution in [0.15, 0.2) is 24.3 Å². The summed E-state index contributed by atoms with van der Waals surface area (Å²) in [6.45, 7) is 5.35. The lowest BCUT2D eigenvalue weighted by Gasteiger charge is -2.22. The Morgan fingerprint density at radius 2 is 2.22 bits per heavy atom. The molecule has 0 bridgehead atoms. The molecule has 5 heteroatoms. The Hall–Kier alpha value is -2.14. The highest BCUT2D eigenvalue weighted by atomic mass is 16.5. The molecule has 5 nitrogen and oxygen atoms in total. The zero-order chi connectivity index (χ0) is 16.6. The van der Waals surface area contributed by atoms with Crippen LogP contribution in [0.1, 0.15) is 29.4 Å². The van der Waals surface area contributed by atoms with Gasteiger partial charge in [-0.25, -0.2) is 0 Å². The fourth-order valence-electron chi connectivity index (χ4n) is 3.39. The monoisotopic (exact) mass is 313 g/mol. The van der Waals surface area contributed by atoms with Crippen LogP contribution in [0.4, 0.5) is 0 Å². The maximum atomic E-state index is 13.1. The van der Waals surface area contributed by atoms with E-state index < -0.39 is 0 Å². The zero-order valence-corrected chi connectivity index (χ0v) is 13.9. The minimum atomic E-state index is 0.0530. The standard InChI is InChI=1S/C18H23N3O2/c1-11-6-16(15-8-14(23-3)4-5-17(15)20-11)18(22)21-10-13(9-19)7-12(21)2/h4-6,8,12-13H,7,9-10,19H2,1-3H3. The van der Waals surface area contributed by atoms with Crippen LogP contribution < -0.4 is 10.5 Å². The summed E-state index contributed by atoms with van der Waals surface area (Å²) in [4.78, 5) is 19.6. The number of aryl methyl sites for hydroxylation is 1. The number of fused-ring (bicyclic) bond motifs is 1. The average molecular weight is 313 g/mol. The lowest BCUT2D eigenvalue weighted by molar-refractivity contribution is 0.0745. The number of aromatic nitrogens is 1. The maximum absolute atomic E-state index is 13.1. The van der Waals surface area contributed by atoms with Gasteiger partial charge in [0.15, 0.2) is 0 Å². The van der Waals surface area contributed by atoms with Gasteiger partial charge < -0.3 is 15.4 Å². The molecule has 3 rings (SSSR count). The number of carbonyl (C=O) groups excluding carboxylic acids is 1. The lowest BCUT2D eigenvalue weighted by Crippen LogP contribution is -2.34. The van der Waals surface area contributed by atoms with Crippen molar-refractivity contribution >= 4 is 16.8 Å². The van der Waals surface area contributed by atoms with Crippen molar-refractivity contribution in [3.05, 3.63) is 35.5 Å². The second-order valence-corrected chi connectivity index (χ2v) is 6.34. The summed E-state index contributed by atoms with van der Waals surface area (Å²) in [5.74, 6) is 1.17. The van der Waals surface area contributed by atoms with E-state index in [0.29, 0.717) is 18.0 Å². The van der Waals surface area contributed by atoms with Crippen LogP contribution in [-0.4, -0.2) is 42.0 Å². The van der Waals surface area contributed by atoms with Gasteiger partial charge in [-0.2, -0.15) is 0 Å². The number of methoxy groups -OCH3 is 1. The first-order chi connectivity index (χ1) is 11.0. The molecule has 1 aliphatic rings. The summed E-state index contributed by atoms with van der Waals surface area (Å²) in [6.07, 6.45) is 0.966. The molecule has 2 atom stereocenters. The summed E-state index contributed by atoms with van der Waals surface area (Å²) < 4.78 is 5.30. The quantitative estimate of drug-likeness (QED) is 0.944. The van der Waals surface area contributed by atoms with E-state index in [2.05, 4.69) is 11.9 Å². The highest BCUT2D eigenvalue weighted by molar-refractivity contribution is 6.06. The summed E-state index contributed by atoms with van der Waals surface area (Å²) in [7, 11) is 1.62. The SMILES string of the molecule is COc1ccc2nc(C)cc(C(=O)N3CC(CN)CC3C)c2c1. The maximum Gasteiger partial charge on any atom is 0.254 e. The van der Waals surface area contributed by atoms with Crippen molar-refractivity contribution in [2.45, 2.75) is 26.3 Å². The van der Waals surface area contributed by atoms with Crippen molar-refractivity contribution in [1.29, 1.82) is 0 Å². The molecule has 2 unspecified atom stereocenters. The molecule has 122 valence electrons. The highest BCUT2D eigenvalue weighted by Crippen LogP contribution is 2.28. The molecule has 1 saturated heterocycles. The molecule has 23 heavy (non-hydrogen) atoms. The van der Waals surface area contributed by atoms with Crippen LogP contribution in [-0.2, 0) is 0 Å². The molecule has 1 aromatic heterocycles. The van der Waals surface area contributed by atoms with E-state index in [9.17, 15) is 4.79 Å². The molecule has 0 saturated carbocycles. The van der Waals surface area contributed by atoms with Crippen molar-refractivity contribution in [2.24, 2.45) is 11.7 Å². The summed E-state index contributed by atoms with van der Waals surface area (Å²) in [6, 6.07) is 7.73. The van der Waals surface area contributed by atoms with E-state index in [1.165, 1.54) is 0 Å². The van der Waals surface area contributed by atoms with Crippen LogP contribution in [0.2, 0.25) is 0 Å². The fourth-order valence-corrected chi connectivity index (χ4v) is 3.39. The molecule has 0 spiro atoms. The third-order valence-electron chi connectivity index (χ3n) is 4.63. The topological polar surface area (TPSA) is 68.5 Å². The second-order valence-electron chi connectivity index (χ2n) is 6.34. The van der Waals surface area contributed by atoms with Gasteiger partial charge in [0.2, 0.25) is 0 Å². The Kier molecular flexibility index (Phi) is 4.22. The summed E-state index contributed by atoms with van der Waals surface area (Å²) >= 11 is 0. The van der Waals surface area contributed by atoms with Crippen LogP contribution in [0, 0.1) is 12.8 Å². The van der Waals surface area contributed by atoms with Gasteiger partial charge in [0.1, 0.15) is 5.75 Å². The van der Waals surface area contributed by atoms with Crippen molar-refractivity contribution in [1.82, 2.24) is 9.88 Å². The van der Waals surface area contributed by atoms with Gasteiger partial charge in [0.25, 0.3) is 5.91 Å². The smallest absolute Gasteiger partial charge is 0.254 e. The van der Waals surface area contributed by atoms with Gasteiger partial charge in [0, 0.05) is 23.7 Å². The second kappa shape index (κ2) is 6.16. The van der Waals surface area contributed by atoms with Crippen LogP contribution in [0.25, 0.3) is 10.9 Å². The molecule has 0 aliphatic carbocycles. The number of nitrogens with two attached hydrogens (primary N) is 1. The Labute approximate surface area is 136 Å². The Bertz CT molecular complexity index is 744. The molecule has 1 aliphatic heterocycles. The molecular formula is C18H23N3O2. The van der Waals surface area contributed by atoms with E-state index in [1.54, 1.807) is 7.11 Å². The zero-order valence-electron chi connectivity index (χ0n) is 13.9. The molecule has 0 radical (unpaired) electrons. The van der Waals surface area contributed by atoms with Gasteiger partial charge in [-0.3, -0.25) is 9.78 Å². The van der Waals surface area contributed by atoms with E-state index in [0.717, 1.165) is 35.3 Å².